The van der Waals surface area contributed by atoms with Gasteiger partial charge in [0.15, 0.2) is 5.82 Å². The molecule has 0 amide bonds. The Bertz CT molecular complexity index is 984. The summed E-state index contributed by atoms with van der Waals surface area (Å²) in [6.45, 7) is 2.08. The molecule has 0 saturated carbocycles. The molecule has 0 saturated heterocycles. The van der Waals surface area contributed by atoms with Crippen molar-refractivity contribution in [3.8, 4) is 11.4 Å². The topological polar surface area (TPSA) is 72.5 Å². The van der Waals surface area contributed by atoms with Crippen LogP contribution in [-0.2, 0) is 5.75 Å². The van der Waals surface area contributed by atoms with Gasteiger partial charge in [-0.15, -0.1) is 10.2 Å². The first-order chi connectivity index (χ1) is 11.7. The second kappa shape index (κ2) is 6.05. The SMILES string of the molecule is Cc1ccc(CSc2nnc(-c3c[nH]c4ccccc34)n2N)cc1. The molecule has 0 atom stereocenters. The van der Waals surface area contributed by atoms with E-state index in [0.29, 0.717) is 11.0 Å². The third kappa shape index (κ3) is 2.65. The Hall–Kier alpha value is -2.73. The van der Waals surface area contributed by atoms with Gasteiger partial charge in [0.2, 0.25) is 5.16 Å². The number of hydrogen-bond donors (Lipinski definition) is 2. The molecule has 120 valence electrons. The van der Waals surface area contributed by atoms with Gasteiger partial charge in [-0.2, -0.15) is 0 Å². The number of thioether (sulfide) groups is 1. The number of nitrogen functional groups attached to an aromatic ring is 1. The summed E-state index contributed by atoms with van der Waals surface area (Å²) in [5.41, 5.74) is 4.52. The first-order valence-corrected chi connectivity index (χ1v) is 8.66. The maximum Gasteiger partial charge on any atom is 0.210 e. The van der Waals surface area contributed by atoms with E-state index in [-0.39, 0.29) is 0 Å². The molecule has 0 spiro atoms. The second-order valence-corrected chi connectivity index (χ2v) is 6.64. The Kier molecular flexibility index (Phi) is 3.74. The third-order valence-electron chi connectivity index (χ3n) is 3.98. The molecule has 5 nitrogen and oxygen atoms in total. The number of nitrogens with zero attached hydrogens (tertiary/aromatic N) is 3. The predicted molar refractivity (Wildman–Crippen MR) is 98.2 cm³/mol. The average Bonchev–Trinajstić information content (AvgIpc) is 3.18. The van der Waals surface area contributed by atoms with Crippen molar-refractivity contribution in [1.82, 2.24) is 19.9 Å². The molecule has 0 radical (unpaired) electrons. The summed E-state index contributed by atoms with van der Waals surface area (Å²) in [5.74, 6) is 7.71. The van der Waals surface area contributed by atoms with Gasteiger partial charge >= 0.3 is 0 Å². The van der Waals surface area contributed by atoms with Crippen LogP contribution in [0.3, 0.4) is 0 Å². The van der Waals surface area contributed by atoms with Crippen LogP contribution in [0.2, 0.25) is 0 Å². The molecule has 24 heavy (non-hydrogen) atoms. The highest BCUT2D eigenvalue weighted by molar-refractivity contribution is 7.98. The van der Waals surface area contributed by atoms with Gasteiger partial charge in [0.1, 0.15) is 0 Å². The number of rotatable bonds is 4. The number of aromatic amines is 1. The van der Waals surface area contributed by atoms with Crippen molar-refractivity contribution in [3.05, 3.63) is 65.9 Å². The summed E-state index contributed by atoms with van der Waals surface area (Å²) < 4.78 is 1.56. The van der Waals surface area contributed by atoms with E-state index < -0.39 is 0 Å². The molecule has 2 heterocycles. The molecule has 2 aromatic heterocycles. The predicted octanol–water partition coefficient (Wildman–Crippen LogP) is 3.74. The maximum absolute atomic E-state index is 6.23. The lowest BCUT2D eigenvalue weighted by atomic mass is 10.2. The largest absolute Gasteiger partial charge is 0.360 e. The first kappa shape index (κ1) is 14.8. The summed E-state index contributed by atoms with van der Waals surface area (Å²) in [5, 5.41) is 10.3. The summed E-state index contributed by atoms with van der Waals surface area (Å²) in [4.78, 5) is 3.24. The van der Waals surface area contributed by atoms with Gasteiger partial charge in [-0.05, 0) is 18.6 Å². The van der Waals surface area contributed by atoms with Crippen LogP contribution in [0.5, 0.6) is 0 Å². The number of benzene rings is 2. The van der Waals surface area contributed by atoms with Crippen LogP contribution in [0.25, 0.3) is 22.3 Å². The lowest BCUT2D eigenvalue weighted by Crippen LogP contribution is -2.11. The number of hydrogen-bond acceptors (Lipinski definition) is 4. The number of H-pyrrole nitrogens is 1. The van der Waals surface area contributed by atoms with Crippen LogP contribution >= 0.6 is 11.8 Å². The van der Waals surface area contributed by atoms with Crippen molar-refractivity contribution in [2.24, 2.45) is 0 Å². The molecular weight excluding hydrogens is 318 g/mol. The van der Waals surface area contributed by atoms with Crippen LogP contribution in [0.4, 0.5) is 0 Å². The smallest absolute Gasteiger partial charge is 0.210 e. The van der Waals surface area contributed by atoms with Gasteiger partial charge in [0.25, 0.3) is 0 Å². The maximum atomic E-state index is 6.23. The van der Waals surface area contributed by atoms with E-state index in [1.807, 2.05) is 24.4 Å². The molecule has 0 bridgehead atoms. The van der Waals surface area contributed by atoms with Crippen molar-refractivity contribution in [2.75, 3.05) is 5.84 Å². The van der Waals surface area contributed by atoms with Crippen LogP contribution < -0.4 is 5.84 Å². The van der Waals surface area contributed by atoms with Crippen molar-refractivity contribution in [3.63, 3.8) is 0 Å². The molecular formula is C18H17N5S. The van der Waals surface area contributed by atoms with Crippen molar-refractivity contribution < 1.29 is 0 Å². The summed E-state index contributed by atoms with van der Waals surface area (Å²) in [7, 11) is 0. The number of para-hydroxylation sites is 1. The van der Waals surface area contributed by atoms with Crippen LogP contribution in [0.1, 0.15) is 11.1 Å². The van der Waals surface area contributed by atoms with Crippen molar-refractivity contribution >= 4 is 22.7 Å². The molecule has 0 fully saturated rings. The third-order valence-corrected chi connectivity index (χ3v) is 5.00. The summed E-state index contributed by atoms with van der Waals surface area (Å²) in [6.07, 6.45) is 1.92. The van der Waals surface area contributed by atoms with Gasteiger partial charge < -0.3 is 10.8 Å². The highest BCUT2D eigenvalue weighted by Gasteiger charge is 2.15. The molecule has 0 aliphatic rings. The molecule has 2 aromatic carbocycles. The minimum atomic E-state index is 0.666. The van der Waals surface area contributed by atoms with Gasteiger partial charge in [0.05, 0.1) is 0 Å². The monoisotopic (exact) mass is 335 g/mol. The number of nitrogens with one attached hydrogen (secondary N) is 1. The van der Waals surface area contributed by atoms with E-state index >= 15 is 0 Å². The van der Waals surface area contributed by atoms with Gasteiger partial charge in [-0.25, -0.2) is 4.68 Å². The molecule has 6 heteroatoms. The van der Waals surface area contributed by atoms with Gasteiger partial charge in [-0.1, -0.05) is 59.8 Å². The van der Waals surface area contributed by atoms with E-state index in [1.165, 1.54) is 11.1 Å². The number of nitrogens with two attached hydrogens (primary N) is 1. The van der Waals surface area contributed by atoms with E-state index in [4.69, 9.17) is 5.84 Å². The number of aryl methyl sites for hydroxylation is 1. The lowest BCUT2D eigenvalue weighted by Gasteiger charge is -2.04. The quantitative estimate of drug-likeness (QED) is 0.440. The Balaban J connectivity index is 1.60. The average molecular weight is 335 g/mol. The molecule has 0 aliphatic carbocycles. The Morgan fingerprint density at radius 2 is 1.88 bits per heavy atom. The molecule has 4 aromatic rings. The van der Waals surface area contributed by atoms with E-state index in [1.54, 1.807) is 16.4 Å². The lowest BCUT2D eigenvalue weighted by molar-refractivity contribution is 0.850. The van der Waals surface area contributed by atoms with Crippen molar-refractivity contribution in [2.45, 2.75) is 17.8 Å². The second-order valence-electron chi connectivity index (χ2n) is 5.70. The standard InChI is InChI=1S/C18H17N5S/c1-12-6-8-13(9-7-12)11-24-18-22-21-17(23(18)19)15-10-20-16-5-3-2-4-14(15)16/h2-10,20H,11,19H2,1H3. The van der Waals surface area contributed by atoms with Crippen molar-refractivity contribution in [1.29, 1.82) is 0 Å². The van der Waals surface area contributed by atoms with Crippen LogP contribution in [-0.4, -0.2) is 19.9 Å². The summed E-state index contributed by atoms with van der Waals surface area (Å²) in [6, 6.07) is 16.6. The fraction of sp³-hybridized carbons (Fsp3) is 0.111. The Morgan fingerprint density at radius 1 is 1.08 bits per heavy atom. The zero-order valence-electron chi connectivity index (χ0n) is 13.2. The summed E-state index contributed by atoms with van der Waals surface area (Å²) >= 11 is 1.58. The normalized spacial score (nSPS) is 11.2. The van der Waals surface area contributed by atoms with E-state index in [2.05, 4.69) is 52.4 Å². The minimum Gasteiger partial charge on any atom is -0.360 e. The Labute approximate surface area is 143 Å². The Morgan fingerprint density at radius 3 is 2.71 bits per heavy atom. The van der Waals surface area contributed by atoms with Crippen LogP contribution in [0.15, 0.2) is 59.9 Å². The zero-order chi connectivity index (χ0) is 16.5. The molecule has 0 unspecified atom stereocenters. The highest BCUT2D eigenvalue weighted by atomic mass is 32.2. The fourth-order valence-electron chi connectivity index (χ4n) is 2.65. The number of aromatic nitrogens is 4. The molecule has 4 rings (SSSR count). The van der Waals surface area contributed by atoms with E-state index in [0.717, 1.165) is 22.2 Å². The minimum absolute atomic E-state index is 0.666. The number of fused-ring (bicyclic) bond motifs is 1. The molecule has 3 N–H and O–H groups in total. The van der Waals surface area contributed by atoms with Crippen LogP contribution in [0, 0.1) is 6.92 Å². The van der Waals surface area contributed by atoms with Gasteiger partial charge in [-0.3, -0.25) is 0 Å². The first-order valence-electron chi connectivity index (χ1n) is 7.68. The zero-order valence-corrected chi connectivity index (χ0v) is 14.0. The van der Waals surface area contributed by atoms with E-state index in [9.17, 15) is 0 Å². The highest BCUT2D eigenvalue weighted by Crippen LogP contribution is 2.29. The van der Waals surface area contributed by atoms with Gasteiger partial charge in [0, 0.05) is 28.4 Å². The fourth-order valence-corrected chi connectivity index (χ4v) is 3.46. The molecule has 0 aliphatic heterocycles.